The number of halogens is 1. The smallest absolute Gasteiger partial charge is 0.243 e. The van der Waals surface area contributed by atoms with Gasteiger partial charge in [0.25, 0.3) is 0 Å². The summed E-state index contributed by atoms with van der Waals surface area (Å²) in [5.74, 6) is 0.389. The van der Waals surface area contributed by atoms with Gasteiger partial charge in [-0.3, -0.25) is 4.79 Å². The number of ether oxygens (including phenoxy) is 2. The second kappa shape index (κ2) is 9.71. The van der Waals surface area contributed by atoms with Crippen molar-refractivity contribution < 1.29 is 22.7 Å². The molecule has 29 heavy (non-hydrogen) atoms. The molecule has 3 rings (SSSR count). The zero-order chi connectivity index (χ0) is 20.9. The van der Waals surface area contributed by atoms with Crippen molar-refractivity contribution in [1.82, 2.24) is 4.31 Å². The topological polar surface area (TPSA) is 84.9 Å². The summed E-state index contributed by atoms with van der Waals surface area (Å²) in [5.41, 5.74) is 1.36. The first-order chi connectivity index (χ1) is 13.9. The largest absolute Gasteiger partial charge is 0.496 e. The molecule has 9 heteroatoms. The summed E-state index contributed by atoms with van der Waals surface area (Å²) < 4.78 is 38.6. The summed E-state index contributed by atoms with van der Waals surface area (Å²) in [5, 5.41) is 2.85. The van der Waals surface area contributed by atoms with Crippen molar-refractivity contribution in [2.24, 2.45) is 0 Å². The number of morpholine rings is 1. The summed E-state index contributed by atoms with van der Waals surface area (Å²) in [6.45, 7) is 1.44. The number of hydrogen-bond donors (Lipinski definition) is 1. The highest BCUT2D eigenvalue weighted by Crippen LogP contribution is 2.27. The van der Waals surface area contributed by atoms with Crippen LogP contribution in [-0.4, -0.2) is 52.0 Å². The Labute approximate surface area is 179 Å². The number of carbonyl (C=O) groups excluding carboxylic acids is 1. The van der Waals surface area contributed by atoms with Gasteiger partial charge in [0.05, 0.1) is 30.9 Å². The maximum absolute atomic E-state index is 12.9. The lowest BCUT2D eigenvalue weighted by Gasteiger charge is -2.26. The fourth-order valence-electron chi connectivity index (χ4n) is 3.07. The summed E-state index contributed by atoms with van der Waals surface area (Å²) in [7, 11) is -2.09. The van der Waals surface area contributed by atoms with Crippen LogP contribution in [0.3, 0.4) is 0 Å². The molecule has 0 unspecified atom stereocenters. The Balaban J connectivity index is 1.73. The molecular weight excluding hydrogens is 460 g/mol. The molecule has 1 N–H and O–H groups in total. The molecular formula is C20H23BrN2O5S. The molecule has 0 saturated carbocycles. The molecule has 2 aromatic rings. The SMILES string of the molecule is COc1ccc(S(=O)(=O)N2CCOCC2)cc1CCC(=O)Nc1ccccc1Br. The van der Waals surface area contributed by atoms with Gasteiger partial charge in [-0.15, -0.1) is 0 Å². The number of sulfonamides is 1. The number of anilines is 1. The predicted octanol–water partition coefficient (Wildman–Crippen LogP) is 3.05. The Hall–Kier alpha value is -1.94. The van der Waals surface area contributed by atoms with E-state index >= 15 is 0 Å². The van der Waals surface area contributed by atoms with Gasteiger partial charge in [-0.05, 0) is 58.2 Å². The van der Waals surface area contributed by atoms with E-state index in [0.717, 1.165) is 4.47 Å². The molecule has 0 aromatic heterocycles. The number of methoxy groups -OCH3 is 1. The number of nitrogens with one attached hydrogen (secondary N) is 1. The molecule has 0 spiro atoms. The minimum absolute atomic E-state index is 0.166. The molecule has 2 aromatic carbocycles. The Morgan fingerprint density at radius 2 is 1.93 bits per heavy atom. The van der Waals surface area contributed by atoms with Gasteiger partial charge in [0.2, 0.25) is 15.9 Å². The van der Waals surface area contributed by atoms with E-state index in [1.165, 1.54) is 17.5 Å². The van der Waals surface area contributed by atoms with Crippen LogP contribution in [0.25, 0.3) is 0 Å². The van der Waals surface area contributed by atoms with Crippen LogP contribution in [0.2, 0.25) is 0 Å². The van der Waals surface area contributed by atoms with Crippen molar-refractivity contribution in [3.8, 4) is 5.75 Å². The molecule has 0 atom stereocenters. The van der Waals surface area contributed by atoms with E-state index in [4.69, 9.17) is 9.47 Å². The highest BCUT2D eigenvalue weighted by molar-refractivity contribution is 9.10. The summed E-state index contributed by atoms with van der Waals surface area (Å²) in [6.07, 6.45) is 0.546. The molecule has 1 heterocycles. The van der Waals surface area contributed by atoms with Gasteiger partial charge in [0.1, 0.15) is 5.75 Å². The van der Waals surface area contributed by atoms with E-state index in [0.29, 0.717) is 49.7 Å². The van der Waals surface area contributed by atoms with Crippen LogP contribution >= 0.6 is 15.9 Å². The first-order valence-corrected chi connectivity index (χ1v) is 11.4. The predicted molar refractivity (Wildman–Crippen MR) is 114 cm³/mol. The van der Waals surface area contributed by atoms with Crippen molar-refractivity contribution >= 4 is 37.5 Å². The third kappa shape index (κ3) is 5.36. The van der Waals surface area contributed by atoms with Crippen molar-refractivity contribution in [3.63, 3.8) is 0 Å². The molecule has 1 aliphatic heterocycles. The van der Waals surface area contributed by atoms with Crippen LogP contribution in [0.15, 0.2) is 51.8 Å². The fraction of sp³-hybridized carbons (Fsp3) is 0.350. The minimum Gasteiger partial charge on any atom is -0.496 e. The Morgan fingerprint density at radius 1 is 1.21 bits per heavy atom. The molecule has 0 aliphatic carbocycles. The number of hydrogen-bond acceptors (Lipinski definition) is 5. The van der Waals surface area contributed by atoms with E-state index in [2.05, 4.69) is 21.2 Å². The van der Waals surface area contributed by atoms with Gasteiger partial charge in [0.15, 0.2) is 0 Å². The maximum atomic E-state index is 12.9. The van der Waals surface area contributed by atoms with E-state index in [9.17, 15) is 13.2 Å². The van der Waals surface area contributed by atoms with E-state index < -0.39 is 10.0 Å². The first-order valence-electron chi connectivity index (χ1n) is 9.21. The summed E-state index contributed by atoms with van der Waals surface area (Å²) >= 11 is 3.40. The fourth-order valence-corrected chi connectivity index (χ4v) is 4.91. The van der Waals surface area contributed by atoms with Gasteiger partial charge in [0, 0.05) is 24.0 Å². The summed E-state index contributed by atoms with van der Waals surface area (Å²) in [4.78, 5) is 12.5. The Kier molecular flexibility index (Phi) is 7.28. The number of benzene rings is 2. The van der Waals surface area contributed by atoms with Crippen LogP contribution in [0.1, 0.15) is 12.0 Å². The van der Waals surface area contributed by atoms with Crippen molar-refractivity contribution in [3.05, 3.63) is 52.5 Å². The number of amides is 1. The quantitative estimate of drug-likeness (QED) is 0.655. The Morgan fingerprint density at radius 3 is 2.62 bits per heavy atom. The second-order valence-corrected chi connectivity index (χ2v) is 9.31. The average molecular weight is 483 g/mol. The van der Waals surface area contributed by atoms with E-state index in [1.54, 1.807) is 18.2 Å². The highest BCUT2D eigenvalue weighted by atomic mass is 79.9. The molecule has 0 radical (unpaired) electrons. The molecule has 1 fully saturated rings. The van der Waals surface area contributed by atoms with Crippen LogP contribution < -0.4 is 10.1 Å². The van der Waals surface area contributed by atoms with Gasteiger partial charge in [-0.2, -0.15) is 4.31 Å². The maximum Gasteiger partial charge on any atom is 0.243 e. The van der Waals surface area contributed by atoms with E-state index in [-0.39, 0.29) is 17.2 Å². The molecule has 1 saturated heterocycles. The lowest BCUT2D eigenvalue weighted by atomic mass is 10.1. The highest BCUT2D eigenvalue weighted by Gasteiger charge is 2.27. The molecule has 156 valence electrons. The zero-order valence-electron chi connectivity index (χ0n) is 16.1. The van der Waals surface area contributed by atoms with Gasteiger partial charge in [-0.1, -0.05) is 12.1 Å². The molecule has 7 nitrogen and oxygen atoms in total. The monoisotopic (exact) mass is 482 g/mol. The average Bonchev–Trinajstić information content (AvgIpc) is 2.74. The lowest BCUT2D eigenvalue weighted by Crippen LogP contribution is -2.40. The number of rotatable bonds is 7. The van der Waals surface area contributed by atoms with Crippen LogP contribution in [0.5, 0.6) is 5.75 Å². The van der Waals surface area contributed by atoms with Gasteiger partial charge in [-0.25, -0.2) is 8.42 Å². The normalized spacial score (nSPS) is 15.1. The van der Waals surface area contributed by atoms with Crippen molar-refractivity contribution in [2.75, 3.05) is 38.7 Å². The van der Waals surface area contributed by atoms with Crippen LogP contribution in [-0.2, 0) is 26.0 Å². The minimum atomic E-state index is -3.61. The molecule has 1 aliphatic rings. The van der Waals surface area contributed by atoms with E-state index in [1.807, 2.05) is 18.2 Å². The molecule has 1 amide bonds. The van der Waals surface area contributed by atoms with Crippen molar-refractivity contribution in [1.29, 1.82) is 0 Å². The number of aryl methyl sites for hydroxylation is 1. The standard InChI is InChI=1S/C20H23BrN2O5S/c1-27-19-8-7-16(29(25,26)23-10-12-28-13-11-23)14-15(19)6-9-20(24)22-18-5-3-2-4-17(18)21/h2-5,7-8,14H,6,9-13H2,1H3,(H,22,24). The molecule has 0 bridgehead atoms. The summed E-state index contributed by atoms with van der Waals surface area (Å²) in [6, 6.07) is 12.1. The third-order valence-corrected chi connectivity index (χ3v) is 7.22. The number of nitrogens with zero attached hydrogens (tertiary/aromatic N) is 1. The lowest BCUT2D eigenvalue weighted by molar-refractivity contribution is -0.116. The van der Waals surface area contributed by atoms with Gasteiger partial charge >= 0.3 is 0 Å². The van der Waals surface area contributed by atoms with Crippen LogP contribution in [0, 0.1) is 0 Å². The number of para-hydroxylation sites is 1. The zero-order valence-corrected chi connectivity index (χ0v) is 18.5. The Bertz CT molecular complexity index is 975. The number of carbonyl (C=O) groups is 1. The third-order valence-electron chi connectivity index (χ3n) is 4.63. The van der Waals surface area contributed by atoms with Gasteiger partial charge < -0.3 is 14.8 Å². The first kappa shape index (κ1) is 21.8. The van der Waals surface area contributed by atoms with Crippen LogP contribution in [0.4, 0.5) is 5.69 Å². The second-order valence-electron chi connectivity index (χ2n) is 6.52. The van der Waals surface area contributed by atoms with Crippen molar-refractivity contribution in [2.45, 2.75) is 17.7 Å².